The van der Waals surface area contributed by atoms with Gasteiger partial charge in [0, 0.05) is 10.6 Å². The fourth-order valence-corrected chi connectivity index (χ4v) is 7.12. The topological polar surface area (TPSA) is 23.8 Å². The average Bonchev–Trinajstić information content (AvgIpc) is 3.27. The van der Waals surface area contributed by atoms with Crippen molar-refractivity contribution in [3.05, 3.63) is 211 Å². The van der Waals surface area contributed by atoms with E-state index in [1.165, 1.54) is 51.6 Å². The van der Waals surface area contributed by atoms with Gasteiger partial charge in [-0.3, -0.25) is 0 Å². The summed E-state index contributed by atoms with van der Waals surface area (Å²) in [5.41, 5.74) is 13.4. The summed E-state index contributed by atoms with van der Waals surface area (Å²) in [5.74, 6) is 2.52. The molecule has 0 N–H and O–H groups in total. The molecule has 76 heavy (non-hydrogen) atoms. The zero-order chi connectivity index (χ0) is 58.1. The monoisotopic (exact) mass is 1060 g/mol. The molecule has 0 atom stereocenters. The SMILES string of the molecule is C.C#Cc1cccc(C(C)(C)C)c1.CC(C)(C)c1ccc(CC#N)cc1.Cc1cc(C(C)(C)C)cc(C(F)(F)F)c1.Cc1cc(C(C)(C)C)ccc1Cl.Cc1cc(C(C)(C)C)ccc1F.Cc1cccc(C(C)(C)C)c1. The molecule has 6 aromatic rings. The van der Waals surface area contributed by atoms with Gasteiger partial charge in [0.15, 0.2) is 0 Å². The maximum absolute atomic E-state index is 12.9. The van der Waals surface area contributed by atoms with Crippen LogP contribution in [0.5, 0.6) is 0 Å². The van der Waals surface area contributed by atoms with Gasteiger partial charge in [-0.05, 0) is 147 Å². The molecule has 6 aromatic carbocycles. The van der Waals surface area contributed by atoms with Gasteiger partial charge in [0.2, 0.25) is 0 Å². The minimum atomic E-state index is -4.26. The van der Waals surface area contributed by atoms with Crippen LogP contribution in [0.25, 0.3) is 0 Å². The fraction of sp³-hybridized carbons (Fsp3) is 0.443. The van der Waals surface area contributed by atoms with Crippen LogP contribution in [0.1, 0.15) is 204 Å². The van der Waals surface area contributed by atoms with Gasteiger partial charge in [-0.1, -0.05) is 252 Å². The number of nitriles is 1. The van der Waals surface area contributed by atoms with E-state index in [2.05, 4.69) is 183 Å². The van der Waals surface area contributed by atoms with Gasteiger partial charge in [-0.25, -0.2) is 4.39 Å². The molecule has 0 spiro atoms. The van der Waals surface area contributed by atoms with Gasteiger partial charge in [0.1, 0.15) is 5.82 Å². The number of rotatable bonds is 1. The van der Waals surface area contributed by atoms with E-state index in [4.69, 9.17) is 23.3 Å². The molecule has 0 bridgehead atoms. The second kappa shape index (κ2) is 29.2. The Bertz CT molecular complexity index is 2700. The van der Waals surface area contributed by atoms with Crippen molar-refractivity contribution in [2.75, 3.05) is 0 Å². The van der Waals surface area contributed by atoms with Crippen LogP contribution >= 0.6 is 11.6 Å². The lowest BCUT2D eigenvalue weighted by atomic mass is 9.85. The van der Waals surface area contributed by atoms with Gasteiger partial charge in [-0.15, -0.1) is 6.42 Å². The summed E-state index contributed by atoms with van der Waals surface area (Å²) in [6.07, 6.45) is 1.56. The summed E-state index contributed by atoms with van der Waals surface area (Å²) < 4.78 is 50.5. The second-order valence-corrected chi connectivity index (χ2v) is 26.0. The van der Waals surface area contributed by atoms with Crippen molar-refractivity contribution in [3.63, 3.8) is 0 Å². The molecule has 0 fully saturated rings. The van der Waals surface area contributed by atoms with E-state index in [1.807, 2.05) is 70.2 Å². The van der Waals surface area contributed by atoms with Crippen molar-refractivity contribution in [2.45, 2.75) is 205 Å². The summed E-state index contributed by atoms with van der Waals surface area (Å²) >= 11 is 5.93. The molecule has 0 aliphatic carbocycles. The van der Waals surface area contributed by atoms with Crippen LogP contribution in [0.3, 0.4) is 0 Å². The van der Waals surface area contributed by atoms with E-state index in [9.17, 15) is 17.6 Å². The van der Waals surface area contributed by atoms with Crippen molar-refractivity contribution in [3.8, 4) is 18.4 Å². The van der Waals surface area contributed by atoms with E-state index >= 15 is 0 Å². The lowest BCUT2D eigenvalue weighted by molar-refractivity contribution is -0.137. The molecule has 0 saturated heterocycles. The van der Waals surface area contributed by atoms with E-state index in [-0.39, 0.29) is 45.7 Å². The van der Waals surface area contributed by atoms with Gasteiger partial charge in [0.05, 0.1) is 18.1 Å². The van der Waals surface area contributed by atoms with Crippen molar-refractivity contribution < 1.29 is 17.6 Å². The molecule has 0 radical (unpaired) electrons. The zero-order valence-electron chi connectivity index (χ0n) is 49.7. The Labute approximate surface area is 466 Å². The summed E-state index contributed by atoms with van der Waals surface area (Å²) in [6, 6.07) is 43.0. The smallest absolute Gasteiger partial charge is 0.207 e. The van der Waals surface area contributed by atoms with E-state index in [0.29, 0.717) is 12.0 Å². The van der Waals surface area contributed by atoms with Gasteiger partial charge in [-0.2, -0.15) is 18.4 Å². The Morgan fingerprint density at radius 3 is 1.20 bits per heavy atom. The number of terminal acetylenes is 1. The molecule has 6 rings (SSSR count). The Morgan fingerprint density at radius 2 is 0.816 bits per heavy atom. The first-order chi connectivity index (χ1) is 34.0. The van der Waals surface area contributed by atoms with Gasteiger partial charge < -0.3 is 0 Å². The Morgan fingerprint density at radius 1 is 0.434 bits per heavy atom. The number of hydrogen-bond donors (Lipinski definition) is 0. The largest absolute Gasteiger partial charge is 0.416 e. The van der Waals surface area contributed by atoms with E-state index < -0.39 is 11.7 Å². The van der Waals surface area contributed by atoms with Crippen LogP contribution in [-0.2, 0) is 45.1 Å². The van der Waals surface area contributed by atoms with Gasteiger partial charge >= 0.3 is 6.18 Å². The first kappa shape index (κ1) is 70.4. The molecular formula is C70H94ClF4N. The molecule has 0 heterocycles. The normalized spacial score (nSPS) is 11.5. The van der Waals surface area contributed by atoms with Crippen LogP contribution < -0.4 is 0 Å². The molecular weight excluding hydrogens is 966 g/mol. The van der Waals surface area contributed by atoms with Crippen LogP contribution in [0.4, 0.5) is 17.6 Å². The Hall–Kier alpha value is -5.62. The number of hydrogen-bond acceptors (Lipinski definition) is 1. The van der Waals surface area contributed by atoms with Crippen LogP contribution in [0.2, 0.25) is 5.02 Å². The number of aryl methyl sites for hydroxylation is 4. The fourth-order valence-electron chi connectivity index (χ4n) is 7.00. The molecule has 0 aliphatic heterocycles. The minimum Gasteiger partial charge on any atom is -0.207 e. The Kier molecular flexibility index (Phi) is 27.1. The van der Waals surface area contributed by atoms with E-state index in [0.717, 1.165) is 32.8 Å². The Balaban J connectivity index is 0.000000888. The maximum atomic E-state index is 12.9. The highest BCUT2D eigenvalue weighted by molar-refractivity contribution is 6.31. The predicted octanol–water partition coefficient (Wildman–Crippen LogP) is 21.6. The summed E-state index contributed by atoms with van der Waals surface area (Å²) in [7, 11) is 0. The third kappa shape index (κ3) is 25.9. The maximum Gasteiger partial charge on any atom is 0.416 e. The third-order valence-corrected chi connectivity index (χ3v) is 12.6. The molecule has 1 nitrogen and oxygen atoms in total. The lowest BCUT2D eigenvalue weighted by Crippen LogP contribution is -2.14. The quantitative estimate of drug-likeness (QED) is 0.119. The van der Waals surface area contributed by atoms with Gasteiger partial charge in [0.25, 0.3) is 0 Å². The zero-order valence-corrected chi connectivity index (χ0v) is 50.5. The first-order valence-electron chi connectivity index (χ1n) is 25.8. The lowest BCUT2D eigenvalue weighted by Gasteiger charge is -2.21. The van der Waals surface area contributed by atoms with Crippen LogP contribution in [0, 0.1) is 57.2 Å². The van der Waals surface area contributed by atoms with E-state index in [1.54, 1.807) is 19.9 Å². The molecule has 0 aliphatic rings. The molecule has 6 heteroatoms. The second-order valence-electron chi connectivity index (χ2n) is 25.6. The number of nitrogens with zero attached hydrogens (tertiary/aromatic N) is 1. The summed E-state index contributed by atoms with van der Waals surface area (Å²) in [5, 5.41) is 9.35. The highest BCUT2D eigenvalue weighted by atomic mass is 35.5. The minimum absolute atomic E-state index is 0. The summed E-state index contributed by atoms with van der Waals surface area (Å²) in [4.78, 5) is 0. The molecule has 0 saturated carbocycles. The number of halogens is 5. The van der Waals surface area contributed by atoms with Crippen molar-refractivity contribution in [2.24, 2.45) is 0 Å². The number of benzene rings is 6. The standard InChI is InChI=1S/C12H15F3.C12H15N.C12H14.C11H15Cl.C11H15F.C11H16.CH4/c1-8-5-9(11(2,3)4)7-10(6-8)12(13,14)15;1-12(2,3)11-6-4-10(5-7-11)8-9-13;1-5-10-7-6-8-11(9-10)12(2,3)4;2*1-8-7-9(11(2,3)4)5-6-10(8)12;1-9-6-5-7-10(8-9)11(2,3)4;/h5-7H,1-4H3;4-7H,8H2,1-3H3;1,6-9H,2-4H3;2*5-7H,1-4H3;5-8H,1-4H3;1H4. The van der Waals surface area contributed by atoms with Crippen LogP contribution in [-0.4, -0.2) is 0 Å². The number of alkyl halides is 3. The predicted molar refractivity (Wildman–Crippen MR) is 324 cm³/mol. The highest BCUT2D eigenvalue weighted by Gasteiger charge is 2.32. The molecule has 0 amide bonds. The van der Waals surface area contributed by atoms with Crippen molar-refractivity contribution in [1.29, 1.82) is 5.26 Å². The molecule has 414 valence electrons. The van der Waals surface area contributed by atoms with Crippen molar-refractivity contribution in [1.82, 2.24) is 0 Å². The molecule has 0 unspecified atom stereocenters. The van der Waals surface area contributed by atoms with Crippen molar-refractivity contribution >= 4 is 11.6 Å². The third-order valence-electron chi connectivity index (χ3n) is 12.2. The highest BCUT2D eigenvalue weighted by Crippen LogP contribution is 2.34. The summed E-state index contributed by atoms with van der Waals surface area (Å²) in [6.45, 7) is 46.2. The van der Waals surface area contributed by atoms with Crippen LogP contribution in [0.15, 0.2) is 127 Å². The first-order valence-corrected chi connectivity index (χ1v) is 26.2. The average molecular weight is 1060 g/mol. The molecule has 0 aromatic heterocycles.